The van der Waals surface area contributed by atoms with Crippen LogP contribution in [0.4, 0.5) is 4.79 Å². The van der Waals surface area contributed by atoms with Gasteiger partial charge in [-0.15, -0.1) is 0 Å². The van der Waals surface area contributed by atoms with Crippen LogP contribution in [0, 0.1) is 23.7 Å². The van der Waals surface area contributed by atoms with Crippen molar-refractivity contribution in [2.75, 3.05) is 13.6 Å². The molecular formula is C32H45NO7. The van der Waals surface area contributed by atoms with Gasteiger partial charge in [0.25, 0.3) is 0 Å². The second-order valence-corrected chi connectivity index (χ2v) is 13.3. The molecular weight excluding hydrogens is 510 g/mol. The second-order valence-electron chi connectivity index (χ2n) is 13.3. The Balaban J connectivity index is 1.55. The van der Waals surface area contributed by atoms with Crippen LogP contribution in [-0.4, -0.2) is 65.5 Å². The molecule has 0 aromatic heterocycles. The molecule has 1 aromatic carbocycles. The number of hydrogen-bond donors (Lipinski definition) is 0. The zero-order valence-electron chi connectivity index (χ0n) is 25.1. The molecule has 1 saturated carbocycles. The molecule has 3 aliphatic rings. The number of fused-ring (bicyclic) bond motifs is 4. The fourth-order valence-electron chi connectivity index (χ4n) is 6.93. The van der Waals surface area contributed by atoms with E-state index >= 15 is 0 Å². The van der Waals surface area contributed by atoms with Crippen LogP contribution in [-0.2, 0) is 28.5 Å². The highest BCUT2D eigenvalue weighted by molar-refractivity contribution is 5.87. The predicted molar refractivity (Wildman–Crippen MR) is 151 cm³/mol. The van der Waals surface area contributed by atoms with Gasteiger partial charge in [0.15, 0.2) is 0 Å². The molecule has 2 aliphatic heterocycles. The third-order valence-electron chi connectivity index (χ3n) is 8.95. The van der Waals surface area contributed by atoms with E-state index < -0.39 is 47.0 Å². The van der Waals surface area contributed by atoms with Gasteiger partial charge in [0.05, 0.1) is 0 Å². The summed E-state index contributed by atoms with van der Waals surface area (Å²) in [6.45, 7) is 13.5. The third-order valence-corrected chi connectivity index (χ3v) is 8.95. The molecule has 0 spiro atoms. The average Bonchev–Trinajstić information content (AvgIpc) is 3.38. The molecule has 8 nitrogen and oxygen atoms in total. The highest BCUT2D eigenvalue weighted by atomic mass is 16.6. The summed E-state index contributed by atoms with van der Waals surface area (Å²) in [5, 5.41) is 0. The Kier molecular flexibility index (Phi) is 8.42. The molecule has 1 amide bonds. The van der Waals surface area contributed by atoms with Gasteiger partial charge in [0.1, 0.15) is 35.6 Å². The van der Waals surface area contributed by atoms with Gasteiger partial charge < -0.3 is 23.8 Å². The van der Waals surface area contributed by atoms with Crippen LogP contribution in [0.3, 0.4) is 0 Å². The number of amides is 1. The van der Waals surface area contributed by atoms with Gasteiger partial charge >= 0.3 is 18.0 Å². The first kappa shape index (κ1) is 30.1. The lowest BCUT2D eigenvalue weighted by Gasteiger charge is -2.52. The summed E-state index contributed by atoms with van der Waals surface area (Å²) in [6.07, 6.45) is 3.95. The Labute approximate surface area is 238 Å². The molecule has 0 unspecified atom stereocenters. The maximum absolute atomic E-state index is 13.1. The summed E-state index contributed by atoms with van der Waals surface area (Å²) in [5.74, 6) is -0.438. The van der Waals surface area contributed by atoms with Crippen molar-refractivity contribution in [2.24, 2.45) is 23.7 Å². The fraction of sp³-hybridized carbons (Fsp3) is 0.656. The van der Waals surface area contributed by atoms with Crippen molar-refractivity contribution in [1.82, 2.24) is 4.90 Å². The van der Waals surface area contributed by atoms with Crippen molar-refractivity contribution in [3.05, 3.63) is 42.0 Å². The van der Waals surface area contributed by atoms with E-state index in [2.05, 4.69) is 20.8 Å². The molecule has 7 atom stereocenters. The lowest BCUT2D eigenvalue weighted by atomic mass is 9.69. The van der Waals surface area contributed by atoms with Crippen LogP contribution in [0.1, 0.15) is 73.3 Å². The maximum Gasteiger partial charge on any atom is 0.410 e. The molecule has 3 fully saturated rings. The number of hydrogen-bond acceptors (Lipinski definition) is 7. The van der Waals surface area contributed by atoms with E-state index in [4.69, 9.17) is 18.9 Å². The Morgan fingerprint density at radius 3 is 2.42 bits per heavy atom. The van der Waals surface area contributed by atoms with Crippen LogP contribution in [0.25, 0.3) is 6.08 Å². The van der Waals surface area contributed by atoms with Crippen molar-refractivity contribution in [3.63, 3.8) is 0 Å². The Morgan fingerprint density at radius 2 is 1.80 bits per heavy atom. The van der Waals surface area contributed by atoms with Crippen LogP contribution < -0.4 is 0 Å². The minimum Gasteiger partial charge on any atom is -0.458 e. The molecule has 2 heterocycles. The summed E-state index contributed by atoms with van der Waals surface area (Å²) in [4.78, 5) is 39.9. The van der Waals surface area contributed by atoms with Gasteiger partial charge in [-0.25, -0.2) is 9.59 Å². The fourth-order valence-corrected chi connectivity index (χ4v) is 6.93. The number of esters is 2. The standard InChI is InChI=1S/C32H45NO7/c1-20(2)32-18-24(37-26(35)19-33(8)29(36)39-30(4,5)6)31(7,40-32)23-16-14-21(3)27(23)28(32)38-25(34)17-15-22-12-10-9-11-13-22/h9-13,15,17,20-21,23-24,27-28H,14,16,18-19H2,1-8H3/b17-15+/t21-,23-,24-,27-,28+,31+,32-/m1/s1. The van der Waals surface area contributed by atoms with E-state index in [9.17, 15) is 14.4 Å². The van der Waals surface area contributed by atoms with Crippen LogP contribution in [0.2, 0.25) is 0 Å². The first-order valence-corrected chi connectivity index (χ1v) is 14.4. The highest BCUT2D eigenvalue weighted by Crippen LogP contribution is 2.63. The van der Waals surface area contributed by atoms with E-state index in [1.54, 1.807) is 26.8 Å². The van der Waals surface area contributed by atoms with Gasteiger partial charge in [-0.2, -0.15) is 0 Å². The number of rotatable bonds is 7. The SMILES string of the molecule is CC(C)[C@@]12C[C@@H](OC(=O)CN(C)C(=O)OC(C)(C)C)[C@@](C)(O1)[C@@H]1CC[C@@H](C)[C@H]1[C@@H]2OC(=O)/C=C/c1ccccc1. The first-order valence-electron chi connectivity index (χ1n) is 14.4. The Morgan fingerprint density at radius 1 is 1.12 bits per heavy atom. The second kappa shape index (κ2) is 11.2. The topological polar surface area (TPSA) is 91.4 Å². The molecule has 40 heavy (non-hydrogen) atoms. The summed E-state index contributed by atoms with van der Waals surface area (Å²) >= 11 is 0. The number of nitrogens with zero attached hydrogens (tertiary/aromatic N) is 1. The Bertz CT molecular complexity index is 1130. The van der Waals surface area contributed by atoms with E-state index in [-0.39, 0.29) is 24.3 Å². The minimum absolute atomic E-state index is 0.00427. The van der Waals surface area contributed by atoms with E-state index in [1.807, 2.05) is 37.3 Å². The number of likely N-dealkylation sites (N-methyl/N-ethyl adjacent to an activating group) is 1. The monoisotopic (exact) mass is 555 g/mol. The summed E-state index contributed by atoms with van der Waals surface area (Å²) in [6, 6.07) is 9.63. The van der Waals surface area contributed by atoms with Crippen LogP contribution in [0.15, 0.2) is 36.4 Å². The molecule has 220 valence electrons. The van der Waals surface area contributed by atoms with Crippen LogP contribution >= 0.6 is 0 Å². The molecule has 2 saturated heterocycles. The van der Waals surface area contributed by atoms with Crippen molar-refractivity contribution in [2.45, 2.75) is 96.7 Å². The predicted octanol–water partition coefficient (Wildman–Crippen LogP) is 5.64. The first-order chi connectivity index (χ1) is 18.7. The van der Waals surface area contributed by atoms with Crippen molar-refractivity contribution >= 4 is 24.1 Å². The number of carbonyl (C=O) groups excluding carboxylic acids is 3. The van der Waals surface area contributed by atoms with Gasteiger partial charge in [0.2, 0.25) is 0 Å². The molecule has 1 aliphatic carbocycles. The summed E-state index contributed by atoms with van der Waals surface area (Å²) < 4.78 is 24.7. The van der Waals surface area contributed by atoms with E-state index in [0.29, 0.717) is 12.3 Å². The molecule has 2 bridgehead atoms. The normalized spacial score (nSPS) is 33.1. The number of benzene rings is 1. The quantitative estimate of drug-likeness (QED) is 0.244. The lowest BCUT2D eigenvalue weighted by molar-refractivity contribution is -0.264. The van der Waals surface area contributed by atoms with Gasteiger partial charge in [-0.1, -0.05) is 51.1 Å². The largest absolute Gasteiger partial charge is 0.458 e. The van der Waals surface area contributed by atoms with Gasteiger partial charge in [-0.3, -0.25) is 4.79 Å². The third kappa shape index (κ3) is 5.92. The van der Waals surface area contributed by atoms with Crippen molar-refractivity contribution in [1.29, 1.82) is 0 Å². The van der Waals surface area contributed by atoms with Gasteiger partial charge in [-0.05, 0) is 69.9 Å². The van der Waals surface area contributed by atoms with Crippen LogP contribution in [0.5, 0.6) is 0 Å². The summed E-state index contributed by atoms with van der Waals surface area (Å²) in [7, 11) is 1.52. The van der Waals surface area contributed by atoms with E-state index in [1.165, 1.54) is 18.0 Å². The molecule has 8 heteroatoms. The number of carbonyl (C=O) groups is 3. The molecule has 4 rings (SSSR count). The zero-order valence-corrected chi connectivity index (χ0v) is 25.1. The summed E-state index contributed by atoms with van der Waals surface area (Å²) in [5.41, 5.74) is -1.27. The zero-order chi connectivity index (χ0) is 29.5. The van der Waals surface area contributed by atoms with Crippen molar-refractivity contribution < 1.29 is 33.3 Å². The highest BCUT2D eigenvalue weighted by Gasteiger charge is 2.72. The maximum atomic E-state index is 13.1. The molecule has 0 N–H and O–H groups in total. The van der Waals surface area contributed by atoms with Crippen molar-refractivity contribution in [3.8, 4) is 0 Å². The molecule has 1 aromatic rings. The smallest absolute Gasteiger partial charge is 0.410 e. The minimum atomic E-state index is -0.799. The molecule has 0 radical (unpaired) electrons. The van der Waals surface area contributed by atoms with Gasteiger partial charge in [0, 0.05) is 25.5 Å². The average molecular weight is 556 g/mol. The lowest BCUT2D eigenvalue weighted by Crippen LogP contribution is -2.62. The van der Waals surface area contributed by atoms with E-state index in [0.717, 1.165) is 18.4 Å². The Hall–Kier alpha value is -2.87. The number of ether oxygens (including phenoxy) is 4.